The maximum Gasteiger partial charge on any atom is 0.231 e. The van der Waals surface area contributed by atoms with Gasteiger partial charge < -0.3 is 20.1 Å². The molecule has 2 aromatic heterocycles. The maximum absolute atomic E-state index is 15.8. The van der Waals surface area contributed by atoms with Gasteiger partial charge in [-0.2, -0.15) is 0 Å². The van der Waals surface area contributed by atoms with Gasteiger partial charge in [-0.1, -0.05) is 18.2 Å². The smallest absolute Gasteiger partial charge is 0.231 e. The third-order valence-electron chi connectivity index (χ3n) is 6.63. The van der Waals surface area contributed by atoms with Crippen LogP contribution in [0.1, 0.15) is 18.2 Å². The van der Waals surface area contributed by atoms with Crippen molar-refractivity contribution in [1.29, 1.82) is 0 Å². The third kappa shape index (κ3) is 5.87. The first-order valence-corrected chi connectivity index (χ1v) is 13.7. The van der Waals surface area contributed by atoms with Gasteiger partial charge in [-0.3, -0.25) is 4.55 Å². The first-order chi connectivity index (χ1) is 19.4. The second kappa shape index (κ2) is 12.2. The summed E-state index contributed by atoms with van der Waals surface area (Å²) in [7, 11) is 1.47. The Morgan fingerprint density at radius 2 is 2.00 bits per heavy atom. The lowest BCUT2D eigenvalue weighted by molar-refractivity contribution is 0.122. The number of fused-ring (bicyclic) bond motifs is 1. The number of nitrogen functional groups attached to an aromatic ring is 1. The summed E-state index contributed by atoms with van der Waals surface area (Å²) in [6.45, 7) is 2.17. The number of ether oxygens (including phenoxy) is 2. The molecule has 2 unspecified atom stereocenters. The van der Waals surface area contributed by atoms with Gasteiger partial charge in [0, 0.05) is 59.5 Å². The predicted molar refractivity (Wildman–Crippen MR) is 149 cm³/mol. The number of aromatic nitrogens is 3. The lowest BCUT2D eigenvalue weighted by Gasteiger charge is -2.29. The molecule has 0 saturated carbocycles. The van der Waals surface area contributed by atoms with Crippen LogP contribution < -0.4 is 20.1 Å². The van der Waals surface area contributed by atoms with Crippen LogP contribution in [-0.4, -0.2) is 63.7 Å². The molecule has 13 heteroatoms. The van der Waals surface area contributed by atoms with Crippen molar-refractivity contribution < 1.29 is 27.0 Å². The van der Waals surface area contributed by atoms with E-state index < -0.39 is 23.3 Å². The molecule has 5 rings (SSSR count). The van der Waals surface area contributed by atoms with Gasteiger partial charge in [0.2, 0.25) is 11.3 Å². The lowest BCUT2D eigenvalue weighted by atomic mass is 9.96. The number of hydrogen-bond donors (Lipinski definition) is 3. The van der Waals surface area contributed by atoms with Crippen molar-refractivity contribution in [1.82, 2.24) is 19.7 Å². The summed E-state index contributed by atoms with van der Waals surface area (Å²) >= 11 is -2.28. The van der Waals surface area contributed by atoms with Crippen LogP contribution in [0.4, 0.5) is 20.4 Å². The molecule has 210 valence electrons. The number of hydrogen-bond acceptors (Lipinski definition) is 8. The molecule has 3 heterocycles. The molecule has 4 N–H and O–H groups in total. The maximum atomic E-state index is 15.8. The number of benzene rings is 2. The zero-order chi connectivity index (χ0) is 28.2. The van der Waals surface area contributed by atoms with Crippen LogP contribution in [0, 0.1) is 5.82 Å². The van der Waals surface area contributed by atoms with Crippen molar-refractivity contribution in [3.63, 3.8) is 0 Å². The molecule has 1 fully saturated rings. The van der Waals surface area contributed by atoms with Gasteiger partial charge in [0.15, 0.2) is 5.82 Å². The van der Waals surface area contributed by atoms with E-state index in [9.17, 15) is 8.60 Å². The van der Waals surface area contributed by atoms with Gasteiger partial charge in [0.05, 0.1) is 25.8 Å². The van der Waals surface area contributed by atoms with E-state index in [0.717, 1.165) is 0 Å². The zero-order valence-electron chi connectivity index (χ0n) is 21.6. The number of morpholine rings is 1. The Labute approximate surface area is 232 Å². The molecular formula is C27H28F2N6O4S. The number of pyridine rings is 1. The minimum atomic E-state index is -2.28. The van der Waals surface area contributed by atoms with Gasteiger partial charge in [-0.25, -0.2) is 32.7 Å². The molecule has 2 atom stereocenters. The van der Waals surface area contributed by atoms with Gasteiger partial charge in [0.1, 0.15) is 29.4 Å². The number of alkyl halides is 1. The second-order valence-corrected chi connectivity index (χ2v) is 9.91. The quantitative estimate of drug-likeness (QED) is 0.255. The first-order valence-electron chi connectivity index (χ1n) is 12.6. The van der Waals surface area contributed by atoms with E-state index in [1.807, 2.05) is 0 Å². The summed E-state index contributed by atoms with van der Waals surface area (Å²) in [5.41, 5.74) is 7.43. The molecule has 0 bridgehead atoms. The summed E-state index contributed by atoms with van der Waals surface area (Å²) in [4.78, 5) is 15.9. The minimum Gasteiger partial charge on any atom is -0.496 e. The summed E-state index contributed by atoms with van der Waals surface area (Å²) in [6, 6.07) is 11.4. The van der Waals surface area contributed by atoms with Gasteiger partial charge >= 0.3 is 0 Å². The molecule has 0 aliphatic carbocycles. The van der Waals surface area contributed by atoms with Gasteiger partial charge in [-0.05, 0) is 24.6 Å². The van der Waals surface area contributed by atoms with E-state index in [0.29, 0.717) is 71.5 Å². The normalized spacial score (nSPS) is 15.2. The highest BCUT2D eigenvalue weighted by atomic mass is 32.2. The number of nitrogens with two attached hydrogens (primary N) is 1. The largest absolute Gasteiger partial charge is 0.496 e. The fourth-order valence-corrected chi connectivity index (χ4v) is 4.92. The first kappa shape index (κ1) is 27.8. The van der Waals surface area contributed by atoms with Gasteiger partial charge in [-0.15, -0.1) is 0 Å². The van der Waals surface area contributed by atoms with Crippen LogP contribution in [0.5, 0.6) is 5.75 Å². The molecule has 40 heavy (non-hydrogen) atoms. The second-order valence-electron chi connectivity index (χ2n) is 9.12. The molecule has 0 radical (unpaired) electrons. The molecule has 10 nitrogen and oxygen atoms in total. The van der Waals surface area contributed by atoms with Crippen molar-refractivity contribution >= 4 is 33.8 Å². The summed E-state index contributed by atoms with van der Waals surface area (Å²) < 4.78 is 63.8. The molecular weight excluding hydrogens is 542 g/mol. The molecule has 1 aliphatic rings. The number of nitrogens with one attached hydrogen (secondary N) is 1. The fourth-order valence-electron chi connectivity index (χ4n) is 4.63. The zero-order valence-corrected chi connectivity index (χ0v) is 22.5. The number of rotatable bonds is 9. The number of nitrogens with zero attached hydrogens (tertiary/aromatic N) is 4. The minimum absolute atomic E-state index is 0.0979. The van der Waals surface area contributed by atoms with E-state index in [2.05, 4.69) is 14.6 Å². The van der Waals surface area contributed by atoms with Crippen LogP contribution in [0.3, 0.4) is 0 Å². The monoisotopic (exact) mass is 570 g/mol. The summed E-state index contributed by atoms with van der Waals surface area (Å²) in [6.07, 6.45) is -0.266. The van der Waals surface area contributed by atoms with Crippen molar-refractivity contribution in [3.05, 3.63) is 60.0 Å². The molecule has 4 aromatic rings. The Morgan fingerprint density at radius 1 is 1.20 bits per heavy atom. The van der Waals surface area contributed by atoms with Crippen LogP contribution in [0.15, 0.2) is 48.7 Å². The highest BCUT2D eigenvalue weighted by molar-refractivity contribution is 7.77. The number of halogens is 2. The third-order valence-corrected chi connectivity index (χ3v) is 7.08. The van der Waals surface area contributed by atoms with Crippen molar-refractivity contribution in [2.75, 3.05) is 50.6 Å². The average molecular weight is 571 g/mol. The molecule has 1 saturated heterocycles. The topological polar surface area (TPSA) is 136 Å². The van der Waals surface area contributed by atoms with Crippen molar-refractivity contribution in [2.45, 2.75) is 12.6 Å². The van der Waals surface area contributed by atoms with Crippen LogP contribution in [0.25, 0.3) is 33.4 Å². The summed E-state index contributed by atoms with van der Waals surface area (Å²) in [5, 5.41) is 0.668. The van der Waals surface area contributed by atoms with Crippen molar-refractivity contribution in [3.8, 4) is 28.3 Å². The van der Waals surface area contributed by atoms with Gasteiger partial charge in [0.25, 0.3) is 0 Å². The number of anilines is 2. The van der Waals surface area contributed by atoms with E-state index in [1.165, 1.54) is 13.2 Å². The lowest BCUT2D eigenvalue weighted by Crippen LogP contribution is -2.37. The highest BCUT2D eigenvalue weighted by Crippen LogP contribution is 2.40. The number of methoxy groups -OCH3 is 1. The molecule has 0 spiro atoms. The summed E-state index contributed by atoms with van der Waals surface area (Å²) in [5.74, 6) is 1.08. The van der Waals surface area contributed by atoms with E-state index in [-0.39, 0.29) is 24.1 Å². The Balaban J connectivity index is 1.63. The highest BCUT2D eigenvalue weighted by Gasteiger charge is 2.24. The Morgan fingerprint density at radius 3 is 2.70 bits per heavy atom. The van der Waals surface area contributed by atoms with E-state index >= 15 is 4.39 Å². The van der Waals surface area contributed by atoms with E-state index in [1.54, 1.807) is 42.6 Å². The van der Waals surface area contributed by atoms with E-state index in [4.69, 9.17) is 29.7 Å². The Hall–Kier alpha value is -3.78. The molecule has 0 amide bonds. The van der Waals surface area contributed by atoms with Crippen LogP contribution in [0.2, 0.25) is 0 Å². The van der Waals surface area contributed by atoms with Crippen LogP contribution in [-0.2, 0) is 16.0 Å². The fraction of sp³-hybridized carbons (Fsp3) is 0.296. The standard InChI is InChI=1S/C27H28F2N6O4S/c1-38-23-14-22-20(13-19(23)17-3-2-4-18(25(17)29)21(28)7-8-32-40(36)37)27(35-9-11-39-12-10-35)34-26(33-22)16-5-6-24(30)31-15-16/h2-6,13-15,21,32H,7-12H2,1H3,(H2,30,31)(H,36,37). The SMILES string of the molecule is COc1cc2nc(-c3ccc(N)nc3)nc(N3CCOCC3)c2cc1-c1cccc(C(F)CCNS(=O)O)c1F. The van der Waals surface area contributed by atoms with Crippen LogP contribution >= 0.6 is 0 Å². The predicted octanol–water partition coefficient (Wildman–Crippen LogP) is 4.05. The molecule has 2 aromatic carbocycles. The molecule has 1 aliphatic heterocycles. The Kier molecular flexibility index (Phi) is 8.45. The average Bonchev–Trinajstić information content (AvgIpc) is 2.96. The Bertz CT molecular complexity index is 1540. The van der Waals surface area contributed by atoms with Crippen molar-refractivity contribution in [2.24, 2.45) is 0 Å².